The Bertz CT molecular complexity index is 1730. The van der Waals surface area contributed by atoms with Gasteiger partial charge in [-0.05, 0) is 109 Å². The highest BCUT2D eigenvalue weighted by Crippen LogP contribution is 2.23. The van der Waals surface area contributed by atoms with Crippen molar-refractivity contribution in [3.8, 4) is 0 Å². The van der Waals surface area contributed by atoms with Crippen molar-refractivity contribution in [3.05, 3.63) is 72.9 Å². The molecule has 11 nitrogen and oxygen atoms in total. The number of aliphatic hydroxyl groups excluding tert-OH is 5. The first kappa shape index (κ1) is 85.1. The van der Waals surface area contributed by atoms with Crippen LogP contribution in [-0.2, 0) is 23.8 Å². The Kier molecular flexibility index (Phi) is 63.9. The van der Waals surface area contributed by atoms with E-state index in [2.05, 4.69) is 79.9 Å². The molecule has 1 amide bonds. The molecule has 7 atom stereocenters. The SMILES string of the molecule is CC/C=C/CC/C=C/CC/C=C/C(O)C(COC1OC(CO)C(O)C(O)C1O)NC(=O)CCCCCCCCCCCCCCCCCCC/C=C\C/C=C\CCCCCCCCCCCCCCCOC(=O)CCCCCCC/C=C\CCCCCCCC. The monoisotopic (exact) mass is 1270 g/mol. The van der Waals surface area contributed by atoms with E-state index in [1.165, 1.54) is 250 Å². The van der Waals surface area contributed by atoms with Crippen molar-refractivity contribution in [2.24, 2.45) is 0 Å². The smallest absolute Gasteiger partial charge is 0.305 e. The molecule has 11 heteroatoms. The number of aliphatic hydroxyl groups is 5. The van der Waals surface area contributed by atoms with E-state index in [0.717, 1.165) is 77.0 Å². The molecule has 1 fully saturated rings. The number of hydrogen-bond acceptors (Lipinski definition) is 10. The highest BCUT2D eigenvalue weighted by atomic mass is 16.7. The summed E-state index contributed by atoms with van der Waals surface area (Å²) in [6, 6.07) is -0.833. The van der Waals surface area contributed by atoms with Gasteiger partial charge in [-0.2, -0.15) is 0 Å². The van der Waals surface area contributed by atoms with Crippen LogP contribution in [0.4, 0.5) is 0 Å². The summed E-state index contributed by atoms with van der Waals surface area (Å²) < 4.78 is 16.7. The van der Waals surface area contributed by atoms with Gasteiger partial charge >= 0.3 is 5.97 Å². The quantitative estimate of drug-likeness (QED) is 0.0195. The maximum absolute atomic E-state index is 13.0. The van der Waals surface area contributed by atoms with Gasteiger partial charge in [-0.1, -0.05) is 305 Å². The minimum atomic E-state index is -1.58. The normalized spacial score (nSPS) is 18.1. The van der Waals surface area contributed by atoms with Gasteiger partial charge in [-0.25, -0.2) is 0 Å². The van der Waals surface area contributed by atoms with Crippen LogP contribution in [0.1, 0.15) is 354 Å². The van der Waals surface area contributed by atoms with Crippen LogP contribution < -0.4 is 5.32 Å². The van der Waals surface area contributed by atoms with Gasteiger partial charge in [0.1, 0.15) is 24.4 Å². The second kappa shape index (κ2) is 67.5. The average molecular weight is 1270 g/mol. The third kappa shape index (κ3) is 55.5. The van der Waals surface area contributed by atoms with Crippen LogP contribution in [0.25, 0.3) is 0 Å². The van der Waals surface area contributed by atoms with Crippen LogP contribution in [0.2, 0.25) is 0 Å². The number of ether oxygens (including phenoxy) is 3. The van der Waals surface area contributed by atoms with E-state index < -0.39 is 49.5 Å². The third-order valence-electron chi connectivity index (χ3n) is 17.8. The van der Waals surface area contributed by atoms with Crippen molar-refractivity contribution in [1.29, 1.82) is 0 Å². The summed E-state index contributed by atoms with van der Waals surface area (Å²) in [7, 11) is 0. The minimum absolute atomic E-state index is 0.00417. The zero-order chi connectivity index (χ0) is 65.1. The molecule has 1 aliphatic rings. The van der Waals surface area contributed by atoms with E-state index in [9.17, 15) is 35.1 Å². The van der Waals surface area contributed by atoms with E-state index in [4.69, 9.17) is 14.2 Å². The van der Waals surface area contributed by atoms with E-state index in [1.54, 1.807) is 6.08 Å². The summed E-state index contributed by atoms with van der Waals surface area (Å²) in [5.41, 5.74) is 0. The average Bonchev–Trinajstić information content (AvgIpc) is 3.56. The highest BCUT2D eigenvalue weighted by molar-refractivity contribution is 5.76. The Balaban J connectivity index is 1.89. The van der Waals surface area contributed by atoms with Crippen molar-refractivity contribution in [3.63, 3.8) is 0 Å². The Hall–Kier alpha value is -2.90. The van der Waals surface area contributed by atoms with Crippen LogP contribution in [0.15, 0.2) is 72.9 Å². The maximum atomic E-state index is 13.0. The van der Waals surface area contributed by atoms with Crippen LogP contribution in [0.3, 0.4) is 0 Å². The van der Waals surface area contributed by atoms with E-state index in [1.807, 2.05) is 6.08 Å². The zero-order valence-corrected chi connectivity index (χ0v) is 58.3. The molecule has 1 saturated heterocycles. The lowest BCUT2D eigenvalue weighted by molar-refractivity contribution is -0.302. The summed E-state index contributed by atoms with van der Waals surface area (Å²) in [6.45, 7) is 4.22. The van der Waals surface area contributed by atoms with Crippen LogP contribution >= 0.6 is 0 Å². The molecule has 0 aliphatic carbocycles. The number of amides is 1. The summed E-state index contributed by atoms with van der Waals surface area (Å²) >= 11 is 0. The summed E-state index contributed by atoms with van der Waals surface area (Å²) in [6.07, 6.45) is 82.3. The number of esters is 1. The molecular weight excluding hydrogens is 1120 g/mol. The predicted molar refractivity (Wildman–Crippen MR) is 380 cm³/mol. The third-order valence-corrected chi connectivity index (χ3v) is 17.8. The first-order chi connectivity index (χ1) is 44.2. The molecule has 1 heterocycles. The molecule has 1 rings (SSSR count). The van der Waals surface area contributed by atoms with Gasteiger partial charge in [0.15, 0.2) is 6.29 Å². The Morgan fingerprint density at radius 3 is 1.22 bits per heavy atom. The van der Waals surface area contributed by atoms with Gasteiger partial charge in [0, 0.05) is 12.8 Å². The number of hydrogen-bond donors (Lipinski definition) is 6. The van der Waals surface area contributed by atoms with Crippen molar-refractivity contribution in [1.82, 2.24) is 5.32 Å². The zero-order valence-electron chi connectivity index (χ0n) is 58.3. The number of rotatable bonds is 67. The first-order valence-electron chi connectivity index (χ1n) is 38.2. The Labute approximate surface area is 553 Å². The van der Waals surface area contributed by atoms with E-state index >= 15 is 0 Å². The fourth-order valence-electron chi connectivity index (χ4n) is 11.8. The van der Waals surface area contributed by atoms with Crippen LogP contribution in [0.5, 0.6) is 0 Å². The maximum Gasteiger partial charge on any atom is 0.305 e. The molecule has 90 heavy (non-hydrogen) atoms. The van der Waals surface area contributed by atoms with Crippen molar-refractivity contribution < 1.29 is 49.3 Å². The summed E-state index contributed by atoms with van der Waals surface area (Å²) in [5, 5.41) is 54.3. The van der Waals surface area contributed by atoms with Gasteiger partial charge < -0.3 is 45.1 Å². The van der Waals surface area contributed by atoms with Crippen molar-refractivity contribution >= 4 is 11.9 Å². The molecule has 0 radical (unpaired) electrons. The van der Waals surface area contributed by atoms with Gasteiger partial charge in [0.2, 0.25) is 5.91 Å². The van der Waals surface area contributed by atoms with Gasteiger partial charge in [0.05, 0.1) is 32.0 Å². The molecule has 6 N–H and O–H groups in total. The molecule has 0 spiro atoms. The molecule has 0 aromatic heterocycles. The molecule has 1 aliphatic heterocycles. The Morgan fingerprint density at radius 1 is 0.422 bits per heavy atom. The van der Waals surface area contributed by atoms with Gasteiger partial charge in [-0.15, -0.1) is 0 Å². The molecular formula is C79H143NO10. The number of unbranched alkanes of at least 4 members (excludes halogenated alkanes) is 43. The standard InChI is InChI=1S/C79H143NO10/c1-3-5-7-9-11-13-15-16-40-44-47-51-55-59-63-67-75(84)88-68-64-60-56-52-48-45-42-39-37-35-33-31-29-27-25-23-21-19-17-18-20-22-24-26-28-30-32-34-36-38-41-43-46-50-54-58-62-66-74(83)80-71(70-89-79-78(87)77(86)76(85)73(69-81)90-79)72(82)65-61-57-53-49-14-12-10-8-6-4-2/h6,8,14,16-17,19,23,25,40,49,61,65,71-73,76-79,81-82,85-87H,3-5,7,9-13,15,18,20-22,24,26-39,41-48,50-60,62-64,66-70H2,1-2H3,(H,80,83)/b8-6+,19-17-,25-23-,40-16-,49-14+,65-61+. The molecule has 0 saturated carbocycles. The van der Waals surface area contributed by atoms with Gasteiger partial charge in [-0.3, -0.25) is 9.59 Å². The fraction of sp³-hybridized carbons (Fsp3) is 0.823. The lowest BCUT2D eigenvalue weighted by atomic mass is 9.99. The second-order valence-corrected chi connectivity index (χ2v) is 26.3. The van der Waals surface area contributed by atoms with Crippen molar-refractivity contribution in [2.75, 3.05) is 19.8 Å². The minimum Gasteiger partial charge on any atom is -0.466 e. The molecule has 7 unspecified atom stereocenters. The molecule has 524 valence electrons. The van der Waals surface area contributed by atoms with Crippen LogP contribution in [0, 0.1) is 0 Å². The molecule has 0 bridgehead atoms. The second-order valence-electron chi connectivity index (χ2n) is 26.3. The first-order valence-corrected chi connectivity index (χ1v) is 38.2. The number of nitrogens with one attached hydrogen (secondary N) is 1. The number of carbonyl (C=O) groups is 2. The lowest BCUT2D eigenvalue weighted by Gasteiger charge is -2.40. The Morgan fingerprint density at radius 2 is 0.789 bits per heavy atom. The summed E-state index contributed by atoms with van der Waals surface area (Å²) in [5.74, 6) is -0.191. The topological polar surface area (TPSA) is 175 Å². The van der Waals surface area contributed by atoms with Crippen LogP contribution in [-0.4, -0.2) is 100 Å². The van der Waals surface area contributed by atoms with E-state index in [-0.39, 0.29) is 18.5 Å². The van der Waals surface area contributed by atoms with Crippen molar-refractivity contribution in [2.45, 2.75) is 397 Å². The predicted octanol–water partition coefficient (Wildman–Crippen LogP) is 20.2. The molecule has 0 aromatic carbocycles. The fourth-order valence-corrected chi connectivity index (χ4v) is 11.8. The lowest BCUT2D eigenvalue weighted by Crippen LogP contribution is -2.60. The summed E-state index contributed by atoms with van der Waals surface area (Å²) in [4.78, 5) is 25.1. The number of allylic oxidation sites excluding steroid dienone is 11. The van der Waals surface area contributed by atoms with Gasteiger partial charge in [0.25, 0.3) is 0 Å². The number of carbonyl (C=O) groups excluding carboxylic acids is 2. The highest BCUT2D eigenvalue weighted by Gasteiger charge is 2.44. The largest absolute Gasteiger partial charge is 0.466 e. The molecule has 0 aromatic rings. The van der Waals surface area contributed by atoms with E-state index in [0.29, 0.717) is 19.4 Å².